The number of aromatic carboxylic acids is 1. The first-order valence-corrected chi connectivity index (χ1v) is 10.3. The number of rotatable bonds is 11. The number of nitrogens with zero attached hydrogens (tertiary/aromatic N) is 3. The molecule has 2 heterocycles. The average Bonchev–Trinajstić information content (AvgIpc) is 3.22. The molecular formula is C22H22F5N3O3. The lowest BCUT2D eigenvalue weighted by Gasteiger charge is -2.17. The Hall–Kier alpha value is -3.24. The summed E-state index contributed by atoms with van der Waals surface area (Å²) >= 11 is 0. The van der Waals surface area contributed by atoms with E-state index in [0.717, 1.165) is 16.8 Å². The molecule has 0 fully saturated rings. The van der Waals surface area contributed by atoms with Gasteiger partial charge in [-0.25, -0.2) is 31.9 Å². The van der Waals surface area contributed by atoms with Crippen molar-refractivity contribution in [1.29, 1.82) is 0 Å². The highest BCUT2D eigenvalue weighted by atomic mass is 19.3. The summed E-state index contributed by atoms with van der Waals surface area (Å²) in [6.07, 6.45) is -6.35. The van der Waals surface area contributed by atoms with Gasteiger partial charge in [0.2, 0.25) is 0 Å². The van der Waals surface area contributed by atoms with E-state index in [0.29, 0.717) is 11.1 Å². The van der Waals surface area contributed by atoms with E-state index in [-0.39, 0.29) is 48.5 Å². The van der Waals surface area contributed by atoms with Crippen LogP contribution in [0.15, 0.2) is 30.5 Å². The number of aromatic nitrogens is 3. The molecule has 1 aromatic carbocycles. The molecule has 0 saturated heterocycles. The van der Waals surface area contributed by atoms with E-state index in [2.05, 4.69) is 10.1 Å². The minimum Gasteiger partial charge on any atom is -0.494 e. The van der Waals surface area contributed by atoms with Crippen LogP contribution in [0.3, 0.4) is 0 Å². The third-order valence-electron chi connectivity index (χ3n) is 5.04. The molecule has 0 spiro atoms. The Morgan fingerprint density at radius 1 is 1.18 bits per heavy atom. The van der Waals surface area contributed by atoms with Crippen molar-refractivity contribution in [2.75, 3.05) is 13.3 Å². The van der Waals surface area contributed by atoms with Crippen LogP contribution in [0.5, 0.6) is 5.75 Å². The van der Waals surface area contributed by atoms with Crippen molar-refractivity contribution in [3.63, 3.8) is 0 Å². The summed E-state index contributed by atoms with van der Waals surface area (Å²) in [5.41, 5.74) is -0.453. The van der Waals surface area contributed by atoms with E-state index in [1.165, 1.54) is 18.2 Å². The highest BCUT2D eigenvalue weighted by molar-refractivity contribution is 5.94. The first-order chi connectivity index (χ1) is 15.8. The van der Waals surface area contributed by atoms with Gasteiger partial charge in [0.1, 0.15) is 29.4 Å². The standard InChI is InChI=1S/C22H22F5N3O3/c1-2-33-19-9-12(5-6-13(19)8-16(25)15(24)4-3-7-23)17-10-18(20(26)27)30-21(29-17)14(11-28-30)22(31)32/h5-6,9-11,15-16,20H,2-4,7-8H2,1H3,(H,31,32). The molecule has 0 amide bonds. The van der Waals surface area contributed by atoms with Crippen molar-refractivity contribution in [2.24, 2.45) is 0 Å². The topological polar surface area (TPSA) is 76.7 Å². The molecule has 3 aromatic rings. The van der Waals surface area contributed by atoms with Crippen LogP contribution in [0.2, 0.25) is 0 Å². The second-order valence-corrected chi connectivity index (χ2v) is 7.29. The van der Waals surface area contributed by atoms with Crippen molar-refractivity contribution in [1.82, 2.24) is 14.6 Å². The summed E-state index contributed by atoms with van der Waals surface area (Å²) in [5.74, 6) is -1.16. The van der Waals surface area contributed by atoms with Crippen molar-refractivity contribution in [3.8, 4) is 17.0 Å². The quantitative estimate of drug-likeness (QED) is 0.379. The molecule has 3 rings (SSSR count). The number of alkyl halides is 5. The predicted molar refractivity (Wildman–Crippen MR) is 110 cm³/mol. The van der Waals surface area contributed by atoms with Crippen molar-refractivity contribution < 1.29 is 36.6 Å². The molecule has 6 nitrogen and oxygen atoms in total. The Bertz CT molecular complexity index is 1120. The highest BCUT2D eigenvalue weighted by Gasteiger charge is 2.24. The van der Waals surface area contributed by atoms with Gasteiger partial charge in [-0.05, 0) is 37.5 Å². The largest absolute Gasteiger partial charge is 0.494 e. The summed E-state index contributed by atoms with van der Waals surface area (Å²) in [7, 11) is 0. The van der Waals surface area contributed by atoms with E-state index in [9.17, 15) is 31.9 Å². The summed E-state index contributed by atoms with van der Waals surface area (Å²) in [4.78, 5) is 15.6. The van der Waals surface area contributed by atoms with E-state index in [4.69, 9.17) is 4.74 Å². The molecule has 0 aliphatic carbocycles. The Labute approximate surface area is 186 Å². The van der Waals surface area contributed by atoms with Gasteiger partial charge in [0.15, 0.2) is 5.65 Å². The van der Waals surface area contributed by atoms with Crippen molar-refractivity contribution in [2.45, 2.75) is 45.0 Å². The number of halogens is 5. The summed E-state index contributed by atoms with van der Waals surface area (Å²) in [6, 6.07) is 5.47. The number of carboxylic acid groups (broad SMARTS) is 1. The van der Waals surface area contributed by atoms with Gasteiger partial charge in [0.05, 0.1) is 25.2 Å². The lowest BCUT2D eigenvalue weighted by molar-refractivity contribution is 0.0698. The molecule has 2 atom stereocenters. The van der Waals surface area contributed by atoms with E-state index < -0.39 is 37.1 Å². The minimum absolute atomic E-state index is 0.0383. The molecule has 2 unspecified atom stereocenters. The fourth-order valence-electron chi connectivity index (χ4n) is 3.40. The smallest absolute Gasteiger partial charge is 0.341 e. The fourth-order valence-corrected chi connectivity index (χ4v) is 3.40. The Morgan fingerprint density at radius 2 is 1.94 bits per heavy atom. The van der Waals surface area contributed by atoms with Gasteiger partial charge in [-0.15, -0.1) is 0 Å². The van der Waals surface area contributed by atoms with Crippen LogP contribution in [0.1, 0.15) is 47.8 Å². The lowest BCUT2D eigenvalue weighted by atomic mass is 9.99. The van der Waals surface area contributed by atoms with E-state index in [1.807, 2.05) is 0 Å². The number of ether oxygens (including phenoxy) is 1. The molecule has 0 radical (unpaired) electrons. The fraction of sp³-hybridized carbons (Fsp3) is 0.409. The SMILES string of the molecule is CCOc1cc(-c2cc(C(F)F)n3ncc(C(=O)O)c3n2)ccc1CC(F)C(F)CCCF. The van der Waals surface area contributed by atoms with Gasteiger partial charge in [-0.3, -0.25) is 4.39 Å². The molecular weight excluding hydrogens is 449 g/mol. The van der Waals surface area contributed by atoms with Crippen molar-refractivity contribution in [3.05, 3.63) is 47.3 Å². The molecule has 11 heteroatoms. The molecule has 33 heavy (non-hydrogen) atoms. The number of fused-ring (bicyclic) bond motifs is 1. The van der Waals surface area contributed by atoms with Crippen LogP contribution in [0.4, 0.5) is 22.0 Å². The van der Waals surface area contributed by atoms with Crippen LogP contribution in [0.25, 0.3) is 16.9 Å². The molecule has 0 aliphatic rings. The molecule has 0 saturated carbocycles. The zero-order valence-corrected chi connectivity index (χ0v) is 17.6. The maximum absolute atomic E-state index is 14.3. The monoisotopic (exact) mass is 471 g/mol. The van der Waals surface area contributed by atoms with Gasteiger partial charge in [-0.2, -0.15) is 5.10 Å². The molecule has 1 N–H and O–H groups in total. The van der Waals surface area contributed by atoms with Crippen molar-refractivity contribution >= 4 is 11.6 Å². The van der Waals surface area contributed by atoms with E-state index >= 15 is 0 Å². The van der Waals surface area contributed by atoms with Crippen LogP contribution < -0.4 is 4.74 Å². The predicted octanol–water partition coefficient (Wildman–Crippen LogP) is 5.40. The third-order valence-corrected chi connectivity index (χ3v) is 5.04. The van der Waals surface area contributed by atoms with Crippen LogP contribution >= 0.6 is 0 Å². The Morgan fingerprint density at radius 3 is 2.58 bits per heavy atom. The maximum Gasteiger partial charge on any atom is 0.341 e. The number of hydrogen-bond donors (Lipinski definition) is 1. The average molecular weight is 471 g/mol. The van der Waals surface area contributed by atoms with Gasteiger partial charge in [0, 0.05) is 12.0 Å². The number of hydrogen-bond acceptors (Lipinski definition) is 4. The molecule has 2 aromatic heterocycles. The lowest BCUT2D eigenvalue weighted by Crippen LogP contribution is -2.20. The minimum atomic E-state index is -2.96. The van der Waals surface area contributed by atoms with Gasteiger partial charge in [-0.1, -0.05) is 12.1 Å². The van der Waals surface area contributed by atoms with Gasteiger partial charge < -0.3 is 9.84 Å². The van der Waals surface area contributed by atoms with Crippen LogP contribution in [-0.4, -0.2) is 51.3 Å². The highest BCUT2D eigenvalue weighted by Crippen LogP contribution is 2.32. The molecule has 0 bridgehead atoms. The summed E-state index contributed by atoms with van der Waals surface area (Å²) < 4.78 is 74.1. The first-order valence-electron chi connectivity index (χ1n) is 10.3. The number of carbonyl (C=O) groups is 1. The second-order valence-electron chi connectivity index (χ2n) is 7.29. The third kappa shape index (κ3) is 5.40. The summed E-state index contributed by atoms with van der Waals surface area (Å²) in [5, 5.41) is 13.0. The first kappa shape index (κ1) is 24.4. The van der Waals surface area contributed by atoms with Gasteiger partial charge >= 0.3 is 5.97 Å². The Kier molecular flexibility index (Phi) is 7.83. The number of carboxylic acids is 1. The van der Waals surface area contributed by atoms with E-state index in [1.54, 1.807) is 6.92 Å². The van der Waals surface area contributed by atoms with Crippen LogP contribution in [-0.2, 0) is 6.42 Å². The maximum atomic E-state index is 14.3. The summed E-state index contributed by atoms with van der Waals surface area (Å²) in [6.45, 7) is 1.16. The number of benzene rings is 1. The van der Waals surface area contributed by atoms with Crippen LogP contribution in [0, 0.1) is 0 Å². The molecule has 0 aliphatic heterocycles. The zero-order valence-electron chi connectivity index (χ0n) is 17.6. The normalized spacial score (nSPS) is 13.4. The zero-order chi connectivity index (χ0) is 24.1. The second kappa shape index (κ2) is 10.6. The van der Waals surface area contributed by atoms with Gasteiger partial charge in [0.25, 0.3) is 6.43 Å². The Balaban J connectivity index is 2.02. The molecule has 178 valence electrons.